The predicted octanol–water partition coefficient (Wildman–Crippen LogP) is 1.39. The van der Waals surface area contributed by atoms with Gasteiger partial charge in [-0.2, -0.15) is 0 Å². The summed E-state index contributed by atoms with van der Waals surface area (Å²) in [6.07, 6.45) is 0. The Balaban J connectivity index is 2.69. The van der Waals surface area contributed by atoms with Crippen molar-refractivity contribution in [2.45, 2.75) is 24.7 Å². The molecule has 14 heavy (non-hydrogen) atoms. The molecule has 0 spiro atoms. The first-order valence-electron chi connectivity index (χ1n) is 4.61. The zero-order valence-corrected chi connectivity index (χ0v) is 9.06. The van der Waals surface area contributed by atoms with Crippen LogP contribution in [-0.4, -0.2) is 15.0 Å². The van der Waals surface area contributed by atoms with E-state index in [1.54, 1.807) is 6.07 Å². The van der Waals surface area contributed by atoms with Gasteiger partial charge < -0.3 is 0 Å². The topological polar surface area (TPSA) is 46.2 Å². The largest absolute Gasteiger partial charge is 0.240 e. The monoisotopic (exact) mass is 211 g/mol. The molecule has 1 atom stereocenters. The molecular weight excluding hydrogens is 198 g/mol. The molecule has 1 N–H and O–H groups in total. The van der Waals surface area contributed by atoms with Gasteiger partial charge in [-0.1, -0.05) is 24.6 Å². The van der Waals surface area contributed by atoms with E-state index in [4.69, 9.17) is 0 Å². The summed E-state index contributed by atoms with van der Waals surface area (Å²) in [6, 6.07) is 5.47. The highest BCUT2D eigenvalue weighted by molar-refractivity contribution is 7.89. The van der Waals surface area contributed by atoms with Gasteiger partial charge in [-0.15, -0.1) is 0 Å². The van der Waals surface area contributed by atoms with Crippen molar-refractivity contribution in [3.63, 3.8) is 0 Å². The highest BCUT2D eigenvalue weighted by Gasteiger charge is 2.26. The quantitative estimate of drug-likeness (QED) is 0.705. The van der Waals surface area contributed by atoms with Crippen LogP contribution in [-0.2, 0) is 10.0 Å². The lowest BCUT2D eigenvalue weighted by Crippen LogP contribution is -2.33. The van der Waals surface area contributed by atoms with Crippen molar-refractivity contribution in [1.82, 2.24) is 4.72 Å². The molecule has 0 radical (unpaired) electrons. The smallest absolute Gasteiger partial charge is 0.211 e. The van der Waals surface area contributed by atoms with Crippen molar-refractivity contribution in [3.05, 3.63) is 29.3 Å². The predicted molar refractivity (Wildman–Crippen MR) is 54.8 cm³/mol. The lowest BCUT2D eigenvalue weighted by atomic mass is 9.99. The van der Waals surface area contributed by atoms with E-state index >= 15 is 0 Å². The summed E-state index contributed by atoms with van der Waals surface area (Å²) >= 11 is 0. The van der Waals surface area contributed by atoms with Gasteiger partial charge in [0.2, 0.25) is 10.0 Å². The molecule has 1 aliphatic rings. The van der Waals surface area contributed by atoms with Crippen LogP contribution in [0.4, 0.5) is 0 Å². The minimum absolute atomic E-state index is 0.258. The molecule has 4 heteroatoms. The van der Waals surface area contributed by atoms with Crippen molar-refractivity contribution >= 4 is 10.0 Å². The van der Waals surface area contributed by atoms with Crippen molar-refractivity contribution in [3.8, 4) is 0 Å². The number of rotatable bonds is 0. The SMILES string of the molecule is Cc1ccc2c(c1)C(C)CNS2(=O)=O. The maximum Gasteiger partial charge on any atom is 0.240 e. The van der Waals surface area contributed by atoms with Crippen LogP contribution in [0.2, 0.25) is 0 Å². The second kappa shape index (κ2) is 3.07. The lowest BCUT2D eigenvalue weighted by Gasteiger charge is -2.23. The van der Waals surface area contributed by atoms with Crippen LogP contribution in [0.1, 0.15) is 24.0 Å². The van der Waals surface area contributed by atoms with Gasteiger partial charge in [-0.05, 0) is 24.5 Å². The molecule has 0 amide bonds. The molecule has 76 valence electrons. The Kier molecular flexibility index (Phi) is 2.12. The fraction of sp³-hybridized carbons (Fsp3) is 0.400. The van der Waals surface area contributed by atoms with Gasteiger partial charge in [0, 0.05) is 6.54 Å². The Bertz CT molecular complexity index is 465. The number of aryl methyl sites for hydroxylation is 1. The molecule has 2 rings (SSSR count). The zero-order chi connectivity index (χ0) is 10.3. The first-order valence-corrected chi connectivity index (χ1v) is 6.09. The van der Waals surface area contributed by atoms with Crippen LogP contribution in [0.5, 0.6) is 0 Å². The van der Waals surface area contributed by atoms with E-state index in [1.165, 1.54) is 0 Å². The van der Waals surface area contributed by atoms with Crippen LogP contribution in [0.3, 0.4) is 0 Å². The summed E-state index contributed by atoms with van der Waals surface area (Å²) in [5.74, 6) is 0.258. The summed E-state index contributed by atoms with van der Waals surface area (Å²) in [6.45, 7) is 4.50. The average Bonchev–Trinajstić information content (AvgIpc) is 2.12. The van der Waals surface area contributed by atoms with Crippen LogP contribution in [0, 0.1) is 6.92 Å². The van der Waals surface area contributed by atoms with Gasteiger partial charge in [0.1, 0.15) is 0 Å². The number of hydrogen-bond acceptors (Lipinski definition) is 2. The second-order valence-corrected chi connectivity index (χ2v) is 5.53. The van der Waals surface area contributed by atoms with Gasteiger partial charge in [0.05, 0.1) is 4.90 Å². The first-order chi connectivity index (χ1) is 6.50. The number of fused-ring (bicyclic) bond motifs is 1. The zero-order valence-electron chi connectivity index (χ0n) is 8.24. The minimum Gasteiger partial charge on any atom is -0.211 e. The molecule has 1 aromatic rings. The van der Waals surface area contributed by atoms with Crippen molar-refractivity contribution in [1.29, 1.82) is 0 Å². The number of benzene rings is 1. The Morgan fingerprint density at radius 1 is 1.43 bits per heavy atom. The first kappa shape index (κ1) is 9.68. The third-order valence-corrected chi connectivity index (χ3v) is 4.06. The molecule has 1 unspecified atom stereocenters. The van der Waals surface area contributed by atoms with Gasteiger partial charge >= 0.3 is 0 Å². The summed E-state index contributed by atoms with van der Waals surface area (Å²) in [4.78, 5) is 0.432. The van der Waals surface area contributed by atoms with Crippen LogP contribution in [0.25, 0.3) is 0 Å². The fourth-order valence-electron chi connectivity index (χ4n) is 1.72. The highest BCUT2D eigenvalue weighted by Crippen LogP contribution is 2.28. The Morgan fingerprint density at radius 3 is 2.86 bits per heavy atom. The van der Waals surface area contributed by atoms with Crippen LogP contribution in [0.15, 0.2) is 23.1 Å². The van der Waals surface area contributed by atoms with E-state index in [2.05, 4.69) is 4.72 Å². The summed E-state index contributed by atoms with van der Waals surface area (Å²) in [5, 5.41) is 0. The van der Waals surface area contributed by atoms with Gasteiger partial charge in [-0.3, -0.25) is 0 Å². The summed E-state index contributed by atoms with van der Waals surface area (Å²) < 4.78 is 25.8. The van der Waals surface area contributed by atoms with E-state index in [-0.39, 0.29) is 5.92 Å². The molecule has 0 bridgehead atoms. The van der Waals surface area contributed by atoms with Gasteiger partial charge in [0.15, 0.2) is 0 Å². The second-order valence-electron chi connectivity index (χ2n) is 3.79. The number of nitrogens with one attached hydrogen (secondary N) is 1. The summed E-state index contributed by atoms with van der Waals surface area (Å²) in [5.41, 5.74) is 2.04. The number of sulfonamides is 1. The van der Waals surface area contributed by atoms with E-state index in [0.29, 0.717) is 11.4 Å². The molecule has 0 saturated heterocycles. The van der Waals surface area contributed by atoms with Crippen LogP contribution < -0.4 is 4.72 Å². The minimum atomic E-state index is -3.24. The Labute approximate surface area is 84.2 Å². The summed E-state index contributed by atoms with van der Waals surface area (Å²) in [7, 11) is -3.24. The van der Waals surface area contributed by atoms with E-state index in [9.17, 15) is 8.42 Å². The average molecular weight is 211 g/mol. The third kappa shape index (κ3) is 1.44. The maximum atomic E-state index is 11.6. The van der Waals surface area contributed by atoms with E-state index in [1.807, 2.05) is 26.0 Å². The highest BCUT2D eigenvalue weighted by atomic mass is 32.2. The van der Waals surface area contributed by atoms with Gasteiger partial charge in [0.25, 0.3) is 0 Å². The molecule has 0 fully saturated rings. The molecule has 0 aromatic heterocycles. The molecule has 0 aliphatic carbocycles. The third-order valence-electron chi connectivity index (χ3n) is 2.57. The standard InChI is InChI=1S/C10H13NO2S/c1-7-3-4-10-9(5-7)8(2)6-11-14(10,12)13/h3-5,8,11H,6H2,1-2H3. The van der Waals surface area contributed by atoms with Crippen molar-refractivity contribution < 1.29 is 8.42 Å². The van der Waals surface area contributed by atoms with E-state index < -0.39 is 10.0 Å². The molecule has 1 aliphatic heterocycles. The molecule has 1 heterocycles. The Morgan fingerprint density at radius 2 is 2.14 bits per heavy atom. The molecule has 3 nitrogen and oxygen atoms in total. The fourth-order valence-corrected chi connectivity index (χ4v) is 3.16. The van der Waals surface area contributed by atoms with Crippen molar-refractivity contribution in [2.24, 2.45) is 0 Å². The normalized spacial score (nSPS) is 24.3. The van der Waals surface area contributed by atoms with Crippen molar-refractivity contribution in [2.75, 3.05) is 6.54 Å². The van der Waals surface area contributed by atoms with Gasteiger partial charge in [-0.25, -0.2) is 13.1 Å². The van der Waals surface area contributed by atoms with E-state index in [0.717, 1.165) is 11.1 Å². The molecule has 0 saturated carbocycles. The number of hydrogen-bond donors (Lipinski definition) is 1. The van der Waals surface area contributed by atoms with Crippen LogP contribution >= 0.6 is 0 Å². The maximum absolute atomic E-state index is 11.6. The molecule has 1 aromatic carbocycles. The lowest BCUT2D eigenvalue weighted by molar-refractivity contribution is 0.559. The molecular formula is C10H13NO2S. The Hall–Kier alpha value is -0.870.